The van der Waals surface area contributed by atoms with Crippen molar-refractivity contribution in [1.29, 1.82) is 0 Å². The van der Waals surface area contributed by atoms with Crippen LogP contribution in [0.5, 0.6) is 5.88 Å². The maximum Gasteiger partial charge on any atom is 0.345 e. The number of nitrogens with one attached hydrogen (secondary N) is 1. The second-order valence-electron chi connectivity index (χ2n) is 4.02. The lowest BCUT2D eigenvalue weighted by Gasteiger charge is -2.37. The molecule has 0 bridgehead atoms. The SMILES string of the molecule is C=CC(=O)N1CC(Oc2[nH]ncc2C(=O)OCC)C1. The van der Waals surface area contributed by atoms with E-state index in [1.165, 1.54) is 12.3 Å². The minimum absolute atomic E-state index is 0.130. The summed E-state index contributed by atoms with van der Waals surface area (Å²) >= 11 is 0. The first-order valence-corrected chi connectivity index (χ1v) is 5.94. The Hall–Kier alpha value is -2.31. The molecule has 1 fully saturated rings. The molecule has 0 saturated carbocycles. The molecule has 1 aromatic rings. The fourth-order valence-electron chi connectivity index (χ4n) is 1.71. The van der Waals surface area contributed by atoms with E-state index < -0.39 is 5.97 Å². The van der Waals surface area contributed by atoms with Crippen molar-refractivity contribution in [2.45, 2.75) is 13.0 Å². The molecule has 0 radical (unpaired) electrons. The van der Waals surface area contributed by atoms with Crippen LogP contribution in [-0.4, -0.2) is 52.8 Å². The Morgan fingerprint density at radius 1 is 1.63 bits per heavy atom. The zero-order valence-electron chi connectivity index (χ0n) is 10.6. The third-order valence-electron chi connectivity index (χ3n) is 2.72. The summed E-state index contributed by atoms with van der Waals surface area (Å²) in [5.74, 6) is -0.339. The van der Waals surface area contributed by atoms with Gasteiger partial charge in [-0.2, -0.15) is 5.10 Å². The van der Waals surface area contributed by atoms with Crippen molar-refractivity contribution in [2.24, 2.45) is 0 Å². The van der Waals surface area contributed by atoms with Gasteiger partial charge >= 0.3 is 5.97 Å². The molecule has 19 heavy (non-hydrogen) atoms. The Morgan fingerprint density at radius 3 is 3.00 bits per heavy atom. The van der Waals surface area contributed by atoms with E-state index in [9.17, 15) is 9.59 Å². The first kappa shape index (κ1) is 13.1. The Bertz CT molecular complexity index is 491. The van der Waals surface area contributed by atoms with E-state index in [0.717, 1.165) is 0 Å². The molecule has 1 aliphatic rings. The lowest BCUT2D eigenvalue weighted by atomic mass is 10.1. The number of H-pyrrole nitrogens is 1. The number of hydrogen-bond donors (Lipinski definition) is 1. The van der Waals surface area contributed by atoms with Gasteiger partial charge in [0.1, 0.15) is 11.7 Å². The number of esters is 1. The Morgan fingerprint density at radius 2 is 2.37 bits per heavy atom. The third-order valence-corrected chi connectivity index (χ3v) is 2.72. The van der Waals surface area contributed by atoms with Crippen molar-refractivity contribution in [3.63, 3.8) is 0 Å². The van der Waals surface area contributed by atoms with Gasteiger partial charge in [-0.15, -0.1) is 0 Å². The molecule has 1 amide bonds. The van der Waals surface area contributed by atoms with E-state index in [-0.39, 0.29) is 30.1 Å². The highest BCUT2D eigenvalue weighted by Gasteiger charge is 2.32. The molecule has 1 N–H and O–H groups in total. The number of hydrogen-bond acceptors (Lipinski definition) is 5. The van der Waals surface area contributed by atoms with Crippen LogP contribution >= 0.6 is 0 Å². The summed E-state index contributed by atoms with van der Waals surface area (Å²) in [4.78, 5) is 24.4. The van der Waals surface area contributed by atoms with Gasteiger partial charge in [0.25, 0.3) is 0 Å². The van der Waals surface area contributed by atoms with Gasteiger partial charge in [0.2, 0.25) is 11.8 Å². The first-order valence-electron chi connectivity index (χ1n) is 5.94. The number of carbonyl (C=O) groups excluding carboxylic acids is 2. The van der Waals surface area contributed by atoms with E-state index in [0.29, 0.717) is 13.1 Å². The minimum atomic E-state index is -0.482. The highest BCUT2D eigenvalue weighted by atomic mass is 16.5. The van der Waals surface area contributed by atoms with Crippen LogP contribution in [0.15, 0.2) is 18.9 Å². The third kappa shape index (κ3) is 2.75. The number of nitrogens with zero attached hydrogens (tertiary/aromatic N) is 2. The molecule has 0 aromatic carbocycles. The molecule has 0 unspecified atom stereocenters. The fraction of sp³-hybridized carbons (Fsp3) is 0.417. The van der Waals surface area contributed by atoms with E-state index in [2.05, 4.69) is 16.8 Å². The van der Waals surface area contributed by atoms with Crippen LogP contribution in [0.25, 0.3) is 0 Å². The van der Waals surface area contributed by atoms with Crippen LogP contribution in [0.1, 0.15) is 17.3 Å². The summed E-state index contributed by atoms with van der Waals surface area (Å²) in [7, 11) is 0. The molecule has 2 heterocycles. The van der Waals surface area contributed by atoms with Crippen LogP contribution in [0.2, 0.25) is 0 Å². The number of carbonyl (C=O) groups is 2. The molecule has 2 rings (SSSR count). The van der Waals surface area contributed by atoms with Crippen LogP contribution < -0.4 is 4.74 Å². The first-order chi connectivity index (χ1) is 9.15. The number of aromatic amines is 1. The van der Waals surface area contributed by atoms with E-state index in [1.807, 2.05) is 0 Å². The van der Waals surface area contributed by atoms with E-state index in [1.54, 1.807) is 11.8 Å². The van der Waals surface area contributed by atoms with E-state index in [4.69, 9.17) is 9.47 Å². The molecule has 1 aromatic heterocycles. The van der Waals surface area contributed by atoms with Gasteiger partial charge in [0.15, 0.2) is 0 Å². The topological polar surface area (TPSA) is 84.5 Å². The number of rotatable bonds is 5. The molecule has 102 valence electrons. The van der Waals surface area contributed by atoms with Crippen LogP contribution in [-0.2, 0) is 9.53 Å². The average molecular weight is 265 g/mol. The average Bonchev–Trinajstić information content (AvgIpc) is 2.80. The molecule has 0 atom stereocenters. The van der Waals surface area contributed by atoms with Crippen molar-refractivity contribution in [1.82, 2.24) is 15.1 Å². The number of ether oxygens (including phenoxy) is 2. The molecule has 7 nitrogen and oxygen atoms in total. The smallest absolute Gasteiger partial charge is 0.345 e. The number of amides is 1. The lowest BCUT2D eigenvalue weighted by Crippen LogP contribution is -2.55. The minimum Gasteiger partial charge on any atom is -0.470 e. The summed E-state index contributed by atoms with van der Waals surface area (Å²) in [6.07, 6.45) is 2.47. The van der Waals surface area contributed by atoms with Crippen molar-refractivity contribution in [3.05, 3.63) is 24.4 Å². The Balaban J connectivity index is 1.91. The molecule has 1 aliphatic heterocycles. The standard InChI is InChI=1S/C12H15N3O4/c1-3-10(16)15-6-8(7-15)19-11-9(5-13-14-11)12(17)18-4-2/h3,5,8H,1,4,6-7H2,2H3,(H,13,14). The quantitative estimate of drug-likeness (QED) is 0.614. The predicted octanol–water partition coefficient (Wildman–Crippen LogP) is 0.362. The fourth-order valence-corrected chi connectivity index (χ4v) is 1.71. The summed E-state index contributed by atoms with van der Waals surface area (Å²) in [5, 5.41) is 6.37. The van der Waals surface area contributed by atoms with E-state index >= 15 is 0 Å². The van der Waals surface area contributed by atoms with Crippen molar-refractivity contribution >= 4 is 11.9 Å². The maximum absolute atomic E-state index is 11.6. The maximum atomic E-state index is 11.6. The van der Waals surface area contributed by atoms with Crippen molar-refractivity contribution < 1.29 is 19.1 Å². The van der Waals surface area contributed by atoms with Gasteiger partial charge in [-0.05, 0) is 13.0 Å². The van der Waals surface area contributed by atoms with Gasteiger partial charge in [-0.25, -0.2) is 9.89 Å². The van der Waals surface area contributed by atoms with Gasteiger partial charge in [-0.3, -0.25) is 4.79 Å². The molecule has 7 heteroatoms. The van der Waals surface area contributed by atoms with Crippen LogP contribution in [0.3, 0.4) is 0 Å². The normalized spacial score (nSPS) is 14.7. The predicted molar refractivity (Wildman–Crippen MR) is 65.7 cm³/mol. The van der Waals surface area contributed by atoms with Gasteiger partial charge in [0, 0.05) is 0 Å². The second-order valence-corrected chi connectivity index (χ2v) is 4.02. The summed E-state index contributed by atoms with van der Waals surface area (Å²) in [6.45, 7) is 6.35. The number of likely N-dealkylation sites (tertiary alicyclic amines) is 1. The van der Waals surface area contributed by atoms with Crippen molar-refractivity contribution in [3.8, 4) is 5.88 Å². The molecule has 0 spiro atoms. The zero-order valence-corrected chi connectivity index (χ0v) is 10.6. The summed E-state index contributed by atoms with van der Waals surface area (Å²) in [5.41, 5.74) is 0.260. The highest BCUT2D eigenvalue weighted by molar-refractivity contribution is 5.91. The van der Waals surface area contributed by atoms with Gasteiger partial charge < -0.3 is 14.4 Å². The van der Waals surface area contributed by atoms with Crippen molar-refractivity contribution in [2.75, 3.05) is 19.7 Å². The number of aromatic nitrogens is 2. The van der Waals surface area contributed by atoms with Gasteiger partial charge in [0.05, 0.1) is 25.9 Å². The molecular formula is C12H15N3O4. The summed E-state index contributed by atoms with van der Waals surface area (Å²) < 4.78 is 10.4. The van der Waals surface area contributed by atoms with Crippen LogP contribution in [0.4, 0.5) is 0 Å². The zero-order chi connectivity index (χ0) is 13.8. The molecule has 0 aliphatic carbocycles. The second kappa shape index (κ2) is 5.55. The Kier molecular flexibility index (Phi) is 3.84. The monoisotopic (exact) mass is 265 g/mol. The lowest BCUT2D eigenvalue weighted by molar-refractivity contribution is -0.134. The molecular weight excluding hydrogens is 250 g/mol. The largest absolute Gasteiger partial charge is 0.470 e. The van der Waals surface area contributed by atoms with Crippen LogP contribution in [0, 0.1) is 0 Å². The Labute approximate surface area is 110 Å². The highest BCUT2D eigenvalue weighted by Crippen LogP contribution is 2.20. The molecule has 1 saturated heterocycles. The van der Waals surface area contributed by atoms with Gasteiger partial charge in [-0.1, -0.05) is 6.58 Å². The summed E-state index contributed by atoms with van der Waals surface area (Å²) in [6, 6.07) is 0.